The Kier molecular flexibility index (Phi) is 5.93. The zero-order chi connectivity index (χ0) is 17.7. The van der Waals surface area contributed by atoms with Crippen LogP contribution in [0.25, 0.3) is 0 Å². The minimum atomic E-state index is -3.64. The number of anilines is 3. The zero-order valence-corrected chi connectivity index (χ0v) is 14.9. The predicted octanol–water partition coefficient (Wildman–Crippen LogP) is 1.95. The van der Waals surface area contributed by atoms with Gasteiger partial charge in [0.2, 0.25) is 10.0 Å². The molecule has 1 fully saturated rings. The van der Waals surface area contributed by atoms with Crippen LogP contribution >= 0.6 is 0 Å². The zero-order valence-electron chi connectivity index (χ0n) is 14.1. The Morgan fingerprint density at radius 3 is 2.58 bits per heavy atom. The Bertz CT molecular complexity index is 685. The van der Waals surface area contributed by atoms with Gasteiger partial charge in [-0.25, -0.2) is 8.42 Å². The Morgan fingerprint density at radius 2 is 2.04 bits per heavy atom. The van der Waals surface area contributed by atoms with E-state index in [1.807, 2.05) is 0 Å². The van der Waals surface area contributed by atoms with Gasteiger partial charge in [-0.05, 0) is 31.0 Å². The summed E-state index contributed by atoms with van der Waals surface area (Å²) in [5, 5.41) is 2.96. The third-order valence-electron chi connectivity index (χ3n) is 4.31. The van der Waals surface area contributed by atoms with E-state index in [1.165, 1.54) is 11.4 Å². The van der Waals surface area contributed by atoms with Crippen LogP contribution in [0.2, 0.25) is 0 Å². The molecule has 8 heteroatoms. The van der Waals surface area contributed by atoms with Crippen molar-refractivity contribution in [3.8, 4) is 0 Å². The summed E-state index contributed by atoms with van der Waals surface area (Å²) >= 11 is 0. The van der Waals surface area contributed by atoms with Crippen molar-refractivity contribution >= 4 is 33.1 Å². The van der Waals surface area contributed by atoms with E-state index >= 15 is 0 Å². The number of benzene rings is 1. The summed E-state index contributed by atoms with van der Waals surface area (Å²) < 4.78 is 31.7. The fraction of sp³-hybridized carbons (Fsp3) is 0.562. The lowest BCUT2D eigenvalue weighted by Crippen LogP contribution is -2.40. The van der Waals surface area contributed by atoms with Gasteiger partial charge in [0.15, 0.2) is 0 Å². The predicted molar refractivity (Wildman–Crippen MR) is 95.6 cm³/mol. The minimum Gasteiger partial charge on any atom is -0.469 e. The SMILES string of the molecule is CNc1ccc(N(C2CCCC2)S(=O)(=O)CCC(=O)OC)cc1N. The molecule has 1 aromatic rings. The molecule has 0 unspecified atom stereocenters. The first-order valence-corrected chi connectivity index (χ1v) is 9.66. The number of methoxy groups -OCH3 is 1. The van der Waals surface area contributed by atoms with Gasteiger partial charge in [-0.3, -0.25) is 9.10 Å². The third-order valence-corrected chi connectivity index (χ3v) is 6.14. The number of carbonyl (C=O) groups excluding carboxylic acids is 1. The molecule has 1 aliphatic carbocycles. The summed E-state index contributed by atoms with van der Waals surface area (Å²) in [7, 11) is -0.636. The molecule has 134 valence electrons. The van der Waals surface area contributed by atoms with Crippen LogP contribution in [0.15, 0.2) is 18.2 Å². The number of ether oxygens (including phenoxy) is 1. The van der Waals surface area contributed by atoms with E-state index in [1.54, 1.807) is 25.2 Å². The monoisotopic (exact) mass is 355 g/mol. The topological polar surface area (TPSA) is 102 Å². The van der Waals surface area contributed by atoms with Crippen molar-refractivity contribution in [1.29, 1.82) is 0 Å². The van der Waals surface area contributed by atoms with E-state index in [2.05, 4.69) is 10.1 Å². The summed E-state index contributed by atoms with van der Waals surface area (Å²) in [5.74, 6) is -0.806. The van der Waals surface area contributed by atoms with E-state index in [0.29, 0.717) is 11.4 Å². The van der Waals surface area contributed by atoms with Crippen molar-refractivity contribution in [1.82, 2.24) is 0 Å². The standard InChI is InChI=1S/C16H25N3O4S/c1-18-15-8-7-13(11-14(15)17)19(12-5-3-4-6-12)24(21,22)10-9-16(20)23-2/h7-8,11-12,18H,3-6,9-10,17H2,1-2H3. The summed E-state index contributed by atoms with van der Waals surface area (Å²) in [6.45, 7) is 0. The third kappa shape index (κ3) is 4.11. The summed E-state index contributed by atoms with van der Waals surface area (Å²) in [4.78, 5) is 11.3. The molecular formula is C16H25N3O4S. The van der Waals surface area contributed by atoms with Gasteiger partial charge >= 0.3 is 5.97 Å². The van der Waals surface area contributed by atoms with Crippen molar-refractivity contribution in [2.75, 3.05) is 35.3 Å². The van der Waals surface area contributed by atoms with E-state index in [-0.39, 0.29) is 18.2 Å². The normalized spacial score (nSPS) is 15.2. The van der Waals surface area contributed by atoms with Gasteiger partial charge in [0.25, 0.3) is 0 Å². The molecule has 0 aromatic heterocycles. The maximum atomic E-state index is 12.9. The first kappa shape index (κ1) is 18.4. The molecule has 0 aliphatic heterocycles. The molecule has 1 aromatic carbocycles. The first-order chi connectivity index (χ1) is 11.4. The molecule has 1 saturated carbocycles. The van der Waals surface area contributed by atoms with Crippen LogP contribution in [0.5, 0.6) is 0 Å². The van der Waals surface area contributed by atoms with Crippen LogP contribution in [0, 0.1) is 0 Å². The van der Waals surface area contributed by atoms with Gasteiger partial charge in [0.05, 0.1) is 36.3 Å². The Labute approximate surface area is 143 Å². The van der Waals surface area contributed by atoms with Crippen LogP contribution in [-0.4, -0.2) is 40.3 Å². The highest BCUT2D eigenvalue weighted by Gasteiger charge is 2.32. The number of nitrogens with one attached hydrogen (secondary N) is 1. The molecule has 1 aliphatic rings. The Morgan fingerprint density at radius 1 is 1.38 bits per heavy atom. The van der Waals surface area contributed by atoms with Crippen LogP contribution in [-0.2, 0) is 19.6 Å². The number of esters is 1. The molecule has 0 heterocycles. The summed E-state index contributed by atoms with van der Waals surface area (Å²) in [5.41, 5.74) is 7.78. The molecule has 7 nitrogen and oxygen atoms in total. The fourth-order valence-corrected chi connectivity index (χ4v) is 4.79. The number of sulfonamides is 1. The largest absolute Gasteiger partial charge is 0.469 e. The fourth-order valence-electron chi connectivity index (χ4n) is 3.06. The van der Waals surface area contributed by atoms with E-state index in [9.17, 15) is 13.2 Å². The van der Waals surface area contributed by atoms with Gasteiger partial charge in [-0.1, -0.05) is 12.8 Å². The second-order valence-electron chi connectivity index (χ2n) is 5.90. The molecule has 3 N–H and O–H groups in total. The van der Waals surface area contributed by atoms with Crippen LogP contribution in [0.4, 0.5) is 17.1 Å². The quantitative estimate of drug-likeness (QED) is 0.572. The average Bonchev–Trinajstić information content (AvgIpc) is 3.06. The number of nitrogens with two attached hydrogens (primary N) is 1. The second kappa shape index (κ2) is 7.74. The van der Waals surface area contributed by atoms with Gasteiger partial charge in [0.1, 0.15) is 0 Å². The van der Waals surface area contributed by atoms with E-state index in [0.717, 1.165) is 31.4 Å². The van der Waals surface area contributed by atoms with Crippen molar-refractivity contribution in [2.45, 2.75) is 38.1 Å². The van der Waals surface area contributed by atoms with Crippen molar-refractivity contribution in [3.05, 3.63) is 18.2 Å². The van der Waals surface area contributed by atoms with E-state index < -0.39 is 16.0 Å². The molecule has 0 bridgehead atoms. The number of carbonyl (C=O) groups is 1. The van der Waals surface area contributed by atoms with Gasteiger partial charge in [-0.2, -0.15) is 0 Å². The smallest absolute Gasteiger partial charge is 0.306 e. The lowest BCUT2D eigenvalue weighted by Gasteiger charge is -2.30. The Balaban J connectivity index is 2.34. The highest BCUT2D eigenvalue weighted by atomic mass is 32.2. The van der Waals surface area contributed by atoms with Crippen molar-refractivity contribution in [2.24, 2.45) is 0 Å². The first-order valence-electron chi connectivity index (χ1n) is 8.05. The molecule has 2 rings (SSSR count). The Hall–Kier alpha value is -1.96. The summed E-state index contributed by atoms with van der Waals surface area (Å²) in [6, 6.07) is 5.09. The lowest BCUT2D eigenvalue weighted by molar-refractivity contribution is -0.140. The number of hydrogen-bond donors (Lipinski definition) is 2. The van der Waals surface area contributed by atoms with Gasteiger partial charge in [0, 0.05) is 13.1 Å². The molecule has 0 spiro atoms. The second-order valence-corrected chi connectivity index (χ2v) is 7.86. The van der Waals surface area contributed by atoms with Crippen molar-refractivity contribution < 1.29 is 17.9 Å². The highest BCUT2D eigenvalue weighted by molar-refractivity contribution is 7.92. The maximum absolute atomic E-state index is 12.9. The number of hydrogen-bond acceptors (Lipinski definition) is 6. The average molecular weight is 355 g/mol. The van der Waals surface area contributed by atoms with Crippen LogP contribution < -0.4 is 15.4 Å². The minimum absolute atomic E-state index is 0.0903. The molecule has 24 heavy (non-hydrogen) atoms. The van der Waals surface area contributed by atoms with Crippen LogP contribution in [0.1, 0.15) is 32.1 Å². The number of rotatable bonds is 7. The molecule has 0 amide bonds. The molecule has 0 saturated heterocycles. The molecule has 0 radical (unpaired) electrons. The van der Waals surface area contributed by atoms with Crippen molar-refractivity contribution in [3.63, 3.8) is 0 Å². The van der Waals surface area contributed by atoms with E-state index in [4.69, 9.17) is 5.73 Å². The van der Waals surface area contributed by atoms with Crippen LogP contribution in [0.3, 0.4) is 0 Å². The maximum Gasteiger partial charge on any atom is 0.306 e. The number of nitrogens with zero attached hydrogens (tertiary/aromatic N) is 1. The molecule has 0 atom stereocenters. The lowest BCUT2D eigenvalue weighted by atomic mass is 10.2. The van der Waals surface area contributed by atoms with Gasteiger partial charge < -0.3 is 15.8 Å². The molecular weight excluding hydrogens is 330 g/mol. The number of nitrogen functional groups attached to an aromatic ring is 1. The van der Waals surface area contributed by atoms with Gasteiger partial charge in [-0.15, -0.1) is 0 Å². The highest BCUT2D eigenvalue weighted by Crippen LogP contribution is 2.34. The summed E-state index contributed by atoms with van der Waals surface area (Å²) in [6.07, 6.45) is 3.46.